The van der Waals surface area contributed by atoms with Gasteiger partial charge >= 0.3 is 0 Å². The molecule has 6 aromatic rings. The molecule has 2 heterocycles. The first kappa shape index (κ1) is 19.6. The Morgan fingerprint density at radius 1 is 0.576 bits per heavy atom. The maximum absolute atomic E-state index is 6.10. The van der Waals surface area contributed by atoms with E-state index < -0.39 is 0 Å². The highest BCUT2D eigenvalue weighted by molar-refractivity contribution is 6.05. The second-order valence-corrected chi connectivity index (χ2v) is 9.43. The second kappa shape index (κ2) is 7.24. The summed E-state index contributed by atoms with van der Waals surface area (Å²) in [6.45, 7) is 6.37. The lowest BCUT2D eigenvalue weighted by Gasteiger charge is -2.18. The standard InChI is InChI=1S/C29H23N3O/c1-29(2,3)28-31-26(20-13-12-18-8-4-5-9-19(18)16-20)30-27(32-28)21-14-15-23-22-10-6-7-11-24(22)33-25(23)17-21/h4-17H,1-3H3. The van der Waals surface area contributed by atoms with Crippen molar-refractivity contribution in [1.29, 1.82) is 0 Å². The fraction of sp³-hybridized carbons (Fsp3) is 0.138. The van der Waals surface area contributed by atoms with Gasteiger partial charge in [-0.3, -0.25) is 0 Å². The van der Waals surface area contributed by atoms with E-state index in [9.17, 15) is 0 Å². The first-order valence-electron chi connectivity index (χ1n) is 11.1. The van der Waals surface area contributed by atoms with Crippen molar-refractivity contribution >= 4 is 32.7 Å². The summed E-state index contributed by atoms with van der Waals surface area (Å²) in [7, 11) is 0. The number of furan rings is 1. The van der Waals surface area contributed by atoms with Crippen LogP contribution in [0.2, 0.25) is 0 Å². The Bertz CT molecular complexity index is 1660. The van der Waals surface area contributed by atoms with E-state index in [0.29, 0.717) is 11.6 Å². The van der Waals surface area contributed by atoms with E-state index in [0.717, 1.165) is 44.3 Å². The zero-order valence-corrected chi connectivity index (χ0v) is 18.8. The highest BCUT2D eigenvalue weighted by Crippen LogP contribution is 2.32. The summed E-state index contributed by atoms with van der Waals surface area (Å²) in [5, 5.41) is 4.57. The van der Waals surface area contributed by atoms with Crippen LogP contribution in [0.1, 0.15) is 26.6 Å². The monoisotopic (exact) mass is 429 g/mol. The van der Waals surface area contributed by atoms with E-state index in [-0.39, 0.29) is 5.41 Å². The maximum Gasteiger partial charge on any atom is 0.163 e. The van der Waals surface area contributed by atoms with Gasteiger partial charge in [0.2, 0.25) is 0 Å². The molecule has 0 N–H and O–H groups in total. The average molecular weight is 430 g/mol. The fourth-order valence-electron chi connectivity index (χ4n) is 4.16. The number of benzene rings is 4. The van der Waals surface area contributed by atoms with Crippen molar-refractivity contribution in [3.8, 4) is 22.8 Å². The molecular formula is C29H23N3O. The summed E-state index contributed by atoms with van der Waals surface area (Å²) >= 11 is 0. The molecule has 0 saturated carbocycles. The highest BCUT2D eigenvalue weighted by Gasteiger charge is 2.21. The van der Waals surface area contributed by atoms with Crippen LogP contribution in [0.15, 0.2) is 89.3 Å². The molecule has 0 atom stereocenters. The third-order valence-electron chi connectivity index (χ3n) is 5.95. The molecule has 4 heteroatoms. The van der Waals surface area contributed by atoms with Crippen molar-refractivity contribution in [2.45, 2.75) is 26.2 Å². The summed E-state index contributed by atoms with van der Waals surface area (Å²) in [6, 6.07) is 28.9. The van der Waals surface area contributed by atoms with Crippen molar-refractivity contribution in [2.75, 3.05) is 0 Å². The minimum absolute atomic E-state index is 0.216. The van der Waals surface area contributed by atoms with Gasteiger partial charge in [0.15, 0.2) is 11.6 Å². The minimum Gasteiger partial charge on any atom is -0.456 e. The largest absolute Gasteiger partial charge is 0.456 e. The molecule has 0 unspecified atom stereocenters. The molecule has 0 aliphatic carbocycles. The van der Waals surface area contributed by atoms with E-state index in [1.54, 1.807) is 0 Å². The van der Waals surface area contributed by atoms with Gasteiger partial charge < -0.3 is 4.42 Å². The average Bonchev–Trinajstić information content (AvgIpc) is 3.21. The SMILES string of the molecule is CC(C)(C)c1nc(-c2ccc3ccccc3c2)nc(-c2ccc3c(c2)oc2ccccc23)n1. The van der Waals surface area contributed by atoms with E-state index in [4.69, 9.17) is 19.4 Å². The third-order valence-corrected chi connectivity index (χ3v) is 5.95. The predicted molar refractivity (Wildman–Crippen MR) is 134 cm³/mol. The Hall–Kier alpha value is -4.05. The van der Waals surface area contributed by atoms with Gasteiger partial charge in [-0.25, -0.2) is 15.0 Å². The van der Waals surface area contributed by atoms with Crippen molar-refractivity contribution in [2.24, 2.45) is 0 Å². The summed E-state index contributed by atoms with van der Waals surface area (Å²) in [5.41, 5.74) is 3.39. The number of hydrogen-bond acceptors (Lipinski definition) is 4. The summed E-state index contributed by atoms with van der Waals surface area (Å²) in [4.78, 5) is 14.6. The molecule has 33 heavy (non-hydrogen) atoms. The molecule has 6 rings (SSSR count). The lowest BCUT2D eigenvalue weighted by Crippen LogP contribution is -2.18. The number of aromatic nitrogens is 3. The van der Waals surface area contributed by atoms with Gasteiger partial charge in [0, 0.05) is 27.3 Å². The zero-order valence-electron chi connectivity index (χ0n) is 18.8. The number of rotatable bonds is 2. The smallest absolute Gasteiger partial charge is 0.163 e. The Balaban J connectivity index is 1.54. The van der Waals surface area contributed by atoms with Crippen molar-refractivity contribution in [3.05, 3.63) is 90.8 Å². The van der Waals surface area contributed by atoms with Crippen molar-refractivity contribution < 1.29 is 4.42 Å². The van der Waals surface area contributed by atoms with Gasteiger partial charge in [-0.05, 0) is 35.0 Å². The summed E-state index contributed by atoms with van der Waals surface area (Å²) < 4.78 is 6.10. The summed E-state index contributed by atoms with van der Waals surface area (Å²) in [5.74, 6) is 2.10. The van der Waals surface area contributed by atoms with Crippen LogP contribution in [0.25, 0.3) is 55.5 Å². The maximum atomic E-state index is 6.10. The Morgan fingerprint density at radius 2 is 1.21 bits per heavy atom. The van der Waals surface area contributed by atoms with Crippen LogP contribution in [-0.4, -0.2) is 15.0 Å². The Labute approximate surface area is 192 Å². The quantitative estimate of drug-likeness (QED) is 0.285. The molecule has 0 saturated heterocycles. The van der Waals surface area contributed by atoms with Crippen LogP contribution in [0.3, 0.4) is 0 Å². The molecule has 4 aromatic carbocycles. The Morgan fingerprint density at radius 3 is 2.00 bits per heavy atom. The number of fused-ring (bicyclic) bond motifs is 4. The van der Waals surface area contributed by atoms with Gasteiger partial charge in [-0.15, -0.1) is 0 Å². The molecule has 0 radical (unpaired) electrons. The van der Waals surface area contributed by atoms with Crippen LogP contribution in [0.4, 0.5) is 0 Å². The summed E-state index contributed by atoms with van der Waals surface area (Å²) in [6.07, 6.45) is 0. The van der Waals surface area contributed by atoms with Crippen LogP contribution in [-0.2, 0) is 5.41 Å². The van der Waals surface area contributed by atoms with Crippen LogP contribution in [0.5, 0.6) is 0 Å². The molecule has 0 fully saturated rings. The van der Waals surface area contributed by atoms with Crippen LogP contribution in [0, 0.1) is 0 Å². The van der Waals surface area contributed by atoms with E-state index in [1.165, 1.54) is 5.39 Å². The lowest BCUT2D eigenvalue weighted by molar-refractivity contribution is 0.543. The lowest BCUT2D eigenvalue weighted by atomic mass is 9.95. The van der Waals surface area contributed by atoms with Gasteiger partial charge in [0.1, 0.15) is 17.0 Å². The molecule has 4 nitrogen and oxygen atoms in total. The zero-order chi connectivity index (χ0) is 22.6. The van der Waals surface area contributed by atoms with E-state index in [1.807, 2.05) is 30.3 Å². The third kappa shape index (κ3) is 3.44. The van der Waals surface area contributed by atoms with Gasteiger partial charge in [0.05, 0.1) is 0 Å². The molecule has 0 aliphatic heterocycles. The predicted octanol–water partition coefficient (Wildman–Crippen LogP) is 7.56. The minimum atomic E-state index is -0.216. The van der Waals surface area contributed by atoms with E-state index >= 15 is 0 Å². The van der Waals surface area contributed by atoms with Gasteiger partial charge in [0.25, 0.3) is 0 Å². The molecule has 0 bridgehead atoms. The van der Waals surface area contributed by atoms with Crippen molar-refractivity contribution in [1.82, 2.24) is 15.0 Å². The topological polar surface area (TPSA) is 51.8 Å². The van der Waals surface area contributed by atoms with Crippen LogP contribution >= 0.6 is 0 Å². The highest BCUT2D eigenvalue weighted by atomic mass is 16.3. The molecule has 2 aromatic heterocycles. The Kier molecular flexibility index (Phi) is 4.31. The van der Waals surface area contributed by atoms with Gasteiger partial charge in [-0.2, -0.15) is 0 Å². The normalized spacial score (nSPS) is 12.1. The first-order valence-corrected chi connectivity index (χ1v) is 11.1. The number of nitrogens with zero attached hydrogens (tertiary/aromatic N) is 3. The molecule has 0 amide bonds. The molecule has 160 valence electrons. The second-order valence-electron chi connectivity index (χ2n) is 9.43. The number of hydrogen-bond donors (Lipinski definition) is 0. The van der Waals surface area contributed by atoms with Crippen LogP contribution < -0.4 is 0 Å². The van der Waals surface area contributed by atoms with E-state index in [2.05, 4.69) is 75.4 Å². The molecular weight excluding hydrogens is 406 g/mol. The molecule has 0 spiro atoms. The fourth-order valence-corrected chi connectivity index (χ4v) is 4.16. The van der Waals surface area contributed by atoms with Crippen molar-refractivity contribution in [3.63, 3.8) is 0 Å². The number of para-hydroxylation sites is 1. The van der Waals surface area contributed by atoms with Gasteiger partial charge in [-0.1, -0.05) is 81.4 Å². The molecule has 0 aliphatic rings. The first-order chi connectivity index (χ1) is 16.0.